The van der Waals surface area contributed by atoms with E-state index in [0.717, 1.165) is 0 Å². The van der Waals surface area contributed by atoms with Crippen molar-refractivity contribution in [2.45, 2.75) is 37.9 Å². The maximum Gasteiger partial charge on any atom is 0.322 e. The van der Waals surface area contributed by atoms with E-state index in [1.165, 1.54) is 19.4 Å². The first-order valence-corrected chi connectivity index (χ1v) is 8.15. The van der Waals surface area contributed by atoms with Crippen LogP contribution in [0.15, 0.2) is 12.5 Å². The van der Waals surface area contributed by atoms with E-state index in [0.29, 0.717) is 5.69 Å². The number of carboxylic acid groups (broad SMARTS) is 2. The Morgan fingerprint density at radius 2 is 1.71 bits per heavy atom. The summed E-state index contributed by atoms with van der Waals surface area (Å²) in [5, 5.41) is 24.3. The summed E-state index contributed by atoms with van der Waals surface area (Å²) in [5.41, 5.74) is 5.86. The fourth-order valence-corrected chi connectivity index (χ4v) is 2.07. The molecule has 8 N–H and O–H groups in total. The van der Waals surface area contributed by atoms with Gasteiger partial charge in [0.1, 0.15) is 18.6 Å². The number of carboxylic acids is 2. The van der Waals surface area contributed by atoms with Crippen LogP contribution >= 0.6 is 0 Å². The molecular formula is C15H22N6O7. The summed E-state index contributed by atoms with van der Waals surface area (Å²) < 4.78 is 0. The van der Waals surface area contributed by atoms with E-state index in [1.54, 1.807) is 0 Å². The molecule has 28 heavy (non-hydrogen) atoms. The molecule has 13 nitrogen and oxygen atoms in total. The predicted octanol–water partition coefficient (Wildman–Crippen LogP) is -3.06. The number of amides is 3. The van der Waals surface area contributed by atoms with E-state index in [1.807, 2.05) is 0 Å². The second kappa shape index (κ2) is 10.6. The molecule has 1 aromatic heterocycles. The highest BCUT2D eigenvalue weighted by molar-refractivity contribution is 5.95. The second-order valence-corrected chi connectivity index (χ2v) is 5.90. The molecule has 0 aliphatic carbocycles. The molecule has 1 rings (SSSR count). The minimum Gasteiger partial charge on any atom is -0.481 e. The molecule has 154 valence electrons. The number of hydrogen-bond acceptors (Lipinski definition) is 7. The van der Waals surface area contributed by atoms with Gasteiger partial charge in [-0.05, 0) is 6.92 Å². The van der Waals surface area contributed by atoms with E-state index in [9.17, 15) is 24.0 Å². The molecule has 13 heteroatoms. The normalized spacial score (nSPS) is 13.6. The number of carbonyl (C=O) groups excluding carboxylic acids is 3. The van der Waals surface area contributed by atoms with Crippen LogP contribution in [0.2, 0.25) is 0 Å². The SMILES string of the molecule is CC(N)C(=O)NC(CC(=O)O)C(=O)NC(Cc1cnc[nH]1)C(=O)NCC(=O)O. The highest BCUT2D eigenvalue weighted by Crippen LogP contribution is 2.02. The smallest absolute Gasteiger partial charge is 0.322 e. The highest BCUT2D eigenvalue weighted by Gasteiger charge is 2.29. The molecule has 3 atom stereocenters. The van der Waals surface area contributed by atoms with Gasteiger partial charge in [-0.15, -0.1) is 0 Å². The third-order valence-electron chi connectivity index (χ3n) is 3.45. The Labute approximate surface area is 159 Å². The largest absolute Gasteiger partial charge is 0.481 e. The first-order chi connectivity index (χ1) is 13.1. The number of aromatic nitrogens is 2. The average molecular weight is 398 g/mol. The Balaban J connectivity index is 2.92. The van der Waals surface area contributed by atoms with Crippen LogP contribution in [0.3, 0.4) is 0 Å². The zero-order chi connectivity index (χ0) is 21.3. The van der Waals surface area contributed by atoms with Crippen LogP contribution in [-0.4, -0.2) is 74.5 Å². The summed E-state index contributed by atoms with van der Waals surface area (Å²) in [6.45, 7) is 0.680. The van der Waals surface area contributed by atoms with E-state index in [-0.39, 0.29) is 6.42 Å². The van der Waals surface area contributed by atoms with Crippen molar-refractivity contribution in [3.8, 4) is 0 Å². The van der Waals surface area contributed by atoms with E-state index < -0.39 is 60.8 Å². The van der Waals surface area contributed by atoms with Crippen molar-refractivity contribution in [2.75, 3.05) is 6.54 Å². The summed E-state index contributed by atoms with van der Waals surface area (Å²) in [7, 11) is 0. The lowest BCUT2D eigenvalue weighted by molar-refractivity contribution is -0.141. The van der Waals surface area contributed by atoms with E-state index in [2.05, 4.69) is 25.9 Å². The van der Waals surface area contributed by atoms with Gasteiger partial charge in [-0.1, -0.05) is 0 Å². The number of aromatic amines is 1. The lowest BCUT2D eigenvalue weighted by Gasteiger charge is -2.22. The average Bonchev–Trinajstić information content (AvgIpc) is 3.10. The van der Waals surface area contributed by atoms with Crippen LogP contribution < -0.4 is 21.7 Å². The molecule has 0 radical (unpaired) electrons. The number of carbonyl (C=O) groups is 5. The lowest BCUT2D eigenvalue weighted by Crippen LogP contribution is -2.56. The molecule has 1 aromatic rings. The summed E-state index contributed by atoms with van der Waals surface area (Å²) in [4.78, 5) is 64.6. The molecule has 1 heterocycles. The van der Waals surface area contributed by atoms with Crippen LogP contribution in [0.1, 0.15) is 19.0 Å². The van der Waals surface area contributed by atoms with Crippen LogP contribution in [0.5, 0.6) is 0 Å². The van der Waals surface area contributed by atoms with E-state index in [4.69, 9.17) is 15.9 Å². The van der Waals surface area contributed by atoms with Crippen LogP contribution in [0.25, 0.3) is 0 Å². The van der Waals surface area contributed by atoms with Crippen LogP contribution in [0.4, 0.5) is 0 Å². The van der Waals surface area contributed by atoms with Gasteiger partial charge in [0.25, 0.3) is 0 Å². The van der Waals surface area contributed by atoms with Crippen molar-refractivity contribution < 1.29 is 34.2 Å². The van der Waals surface area contributed by atoms with Crippen LogP contribution in [-0.2, 0) is 30.4 Å². The number of imidazole rings is 1. The van der Waals surface area contributed by atoms with Crippen molar-refractivity contribution in [1.82, 2.24) is 25.9 Å². The van der Waals surface area contributed by atoms with Gasteiger partial charge in [0.15, 0.2) is 0 Å². The number of nitrogens with zero attached hydrogens (tertiary/aromatic N) is 1. The molecule has 0 spiro atoms. The molecule has 0 aliphatic heterocycles. The van der Waals surface area contributed by atoms with Crippen LogP contribution in [0, 0.1) is 0 Å². The quantitative estimate of drug-likeness (QED) is 0.201. The summed E-state index contributed by atoms with van der Waals surface area (Å²) in [5.74, 6) is -5.13. The zero-order valence-corrected chi connectivity index (χ0v) is 15.0. The Bertz CT molecular complexity index is 718. The fraction of sp³-hybridized carbons (Fsp3) is 0.467. The Kier molecular flexibility index (Phi) is 8.55. The van der Waals surface area contributed by atoms with Crippen molar-refractivity contribution in [3.63, 3.8) is 0 Å². The van der Waals surface area contributed by atoms with Crippen molar-refractivity contribution >= 4 is 29.7 Å². The van der Waals surface area contributed by atoms with Crippen molar-refractivity contribution in [1.29, 1.82) is 0 Å². The first kappa shape index (κ1) is 22.6. The van der Waals surface area contributed by atoms with Gasteiger partial charge in [-0.3, -0.25) is 24.0 Å². The number of nitrogens with two attached hydrogens (primary N) is 1. The van der Waals surface area contributed by atoms with Gasteiger partial charge in [0.05, 0.1) is 18.8 Å². The number of aliphatic carboxylic acids is 2. The molecule has 0 fully saturated rings. The summed E-state index contributed by atoms with van der Waals surface area (Å²) in [6, 6.07) is -3.70. The standard InChI is InChI=1S/C15H22N6O7/c1-7(16)13(26)20-10(3-11(22)23)15(28)21-9(2-8-4-17-6-19-8)14(27)18-5-12(24)25/h4,6-7,9-10H,2-3,5,16H2,1H3,(H,17,19)(H,18,27)(H,20,26)(H,21,28)(H,22,23)(H,24,25). The third kappa shape index (κ3) is 7.82. The molecule has 0 aromatic carbocycles. The van der Waals surface area contributed by atoms with Gasteiger partial charge in [0.2, 0.25) is 17.7 Å². The van der Waals surface area contributed by atoms with Gasteiger partial charge in [0, 0.05) is 18.3 Å². The third-order valence-corrected chi connectivity index (χ3v) is 3.45. The van der Waals surface area contributed by atoms with Gasteiger partial charge < -0.3 is 36.9 Å². The van der Waals surface area contributed by atoms with Crippen molar-refractivity contribution in [2.24, 2.45) is 5.73 Å². The maximum atomic E-state index is 12.5. The number of rotatable bonds is 11. The highest BCUT2D eigenvalue weighted by atomic mass is 16.4. The number of hydrogen-bond donors (Lipinski definition) is 7. The molecule has 0 aliphatic rings. The van der Waals surface area contributed by atoms with Gasteiger partial charge in [-0.2, -0.15) is 0 Å². The summed E-state index contributed by atoms with van der Waals surface area (Å²) in [6.07, 6.45) is 1.94. The molecule has 0 saturated heterocycles. The first-order valence-electron chi connectivity index (χ1n) is 8.15. The molecule has 0 bridgehead atoms. The number of H-pyrrole nitrogens is 1. The predicted molar refractivity (Wildman–Crippen MR) is 92.7 cm³/mol. The van der Waals surface area contributed by atoms with Gasteiger partial charge in [-0.25, -0.2) is 4.98 Å². The van der Waals surface area contributed by atoms with Gasteiger partial charge >= 0.3 is 11.9 Å². The Morgan fingerprint density at radius 3 is 2.21 bits per heavy atom. The molecule has 0 saturated carbocycles. The zero-order valence-electron chi connectivity index (χ0n) is 15.0. The Hall–Kier alpha value is -3.48. The maximum absolute atomic E-state index is 12.5. The molecule has 3 amide bonds. The number of nitrogens with one attached hydrogen (secondary N) is 4. The second-order valence-electron chi connectivity index (χ2n) is 5.90. The van der Waals surface area contributed by atoms with E-state index >= 15 is 0 Å². The Morgan fingerprint density at radius 1 is 1.07 bits per heavy atom. The fourth-order valence-electron chi connectivity index (χ4n) is 2.07. The van der Waals surface area contributed by atoms with Crippen molar-refractivity contribution in [3.05, 3.63) is 18.2 Å². The summed E-state index contributed by atoms with van der Waals surface area (Å²) >= 11 is 0. The molecule has 3 unspecified atom stereocenters. The topological polar surface area (TPSA) is 217 Å². The monoisotopic (exact) mass is 398 g/mol. The molecular weight excluding hydrogens is 376 g/mol. The minimum atomic E-state index is -1.48. The minimum absolute atomic E-state index is 0.0712. The lowest BCUT2D eigenvalue weighted by atomic mass is 10.1.